The summed E-state index contributed by atoms with van der Waals surface area (Å²) in [5.41, 5.74) is 0.213. The number of esters is 1. The first-order valence-corrected chi connectivity index (χ1v) is 6.54. The van der Waals surface area contributed by atoms with Crippen LogP contribution in [0, 0.1) is 11.8 Å². The molecule has 1 heterocycles. The molecule has 0 aromatic heterocycles. The molecule has 3 unspecified atom stereocenters. The Kier molecular flexibility index (Phi) is 2.53. The summed E-state index contributed by atoms with van der Waals surface area (Å²) in [5.74, 6) is -0.978. The topological polar surface area (TPSA) is 66.8 Å². The second-order valence-corrected chi connectivity index (χ2v) is 5.81. The van der Waals surface area contributed by atoms with Gasteiger partial charge in [-0.2, -0.15) is 0 Å². The first-order chi connectivity index (χ1) is 8.87. The molecule has 1 saturated heterocycles. The van der Waals surface area contributed by atoms with Crippen molar-refractivity contribution in [1.82, 2.24) is 0 Å². The van der Waals surface area contributed by atoms with E-state index in [0.29, 0.717) is 30.4 Å². The van der Waals surface area contributed by atoms with Gasteiger partial charge in [0, 0.05) is 17.4 Å². The van der Waals surface area contributed by atoms with Crippen molar-refractivity contribution in [2.45, 2.75) is 37.1 Å². The first-order valence-electron chi connectivity index (χ1n) is 6.54. The maximum atomic E-state index is 11.7. The van der Waals surface area contributed by atoms with Gasteiger partial charge in [-0.15, -0.1) is 0 Å². The number of ether oxygens (including phenoxy) is 1. The number of rotatable bonds is 0. The lowest BCUT2D eigenvalue weighted by Crippen LogP contribution is -2.49. The molecule has 3 aliphatic rings. The lowest BCUT2D eigenvalue weighted by Gasteiger charge is -2.36. The van der Waals surface area contributed by atoms with Crippen LogP contribution in [0.15, 0.2) is 36.5 Å². The second kappa shape index (κ2) is 3.81. The van der Waals surface area contributed by atoms with Gasteiger partial charge in [0.2, 0.25) is 0 Å². The van der Waals surface area contributed by atoms with E-state index in [2.05, 4.69) is 19.7 Å². The van der Waals surface area contributed by atoms with Crippen molar-refractivity contribution in [3.05, 3.63) is 36.5 Å². The fraction of sp³-hybridized carbons (Fsp3) is 0.533. The maximum Gasteiger partial charge on any atom is 0.334 e. The molecule has 4 nitrogen and oxygen atoms in total. The highest BCUT2D eigenvalue weighted by atomic mass is 16.6. The summed E-state index contributed by atoms with van der Waals surface area (Å²) in [4.78, 5) is 11.7. The van der Waals surface area contributed by atoms with Gasteiger partial charge >= 0.3 is 5.97 Å². The Morgan fingerprint density at radius 1 is 1.32 bits per heavy atom. The van der Waals surface area contributed by atoms with Crippen LogP contribution in [0.2, 0.25) is 0 Å². The van der Waals surface area contributed by atoms with E-state index in [0.717, 1.165) is 5.57 Å². The van der Waals surface area contributed by atoms with Crippen molar-refractivity contribution < 1.29 is 19.7 Å². The molecule has 3 fully saturated rings. The third-order valence-corrected chi connectivity index (χ3v) is 4.92. The number of aliphatic hydroxyl groups is 2. The van der Waals surface area contributed by atoms with E-state index >= 15 is 0 Å². The zero-order valence-electron chi connectivity index (χ0n) is 10.8. The fourth-order valence-corrected chi connectivity index (χ4v) is 3.74. The van der Waals surface area contributed by atoms with E-state index in [1.165, 1.54) is 0 Å². The highest BCUT2D eigenvalue weighted by Gasteiger charge is 2.62. The quantitative estimate of drug-likeness (QED) is 0.390. The molecular formula is C15H18O4. The second-order valence-electron chi connectivity index (χ2n) is 5.81. The molecule has 4 heteroatoms. The Morgan fingerprint density at radius 3 is 2.68 bits per heavy atom. The van der Waals surface area contributed by atoms with Crippen molar-refractivity contribution in [3.8, 4) is 0 Å². The molecule has 0 aromatic rings. The number of hydrogen-bond acceptors (Lipinski definition) is 4. The lowest BCUT2D eigenvalue weighted by atomic mass is 9.77. The average Bonchev–Trinajstić information content (AvgIpc) is 2.74. The van der Waals surface area contributed by atoms with Crippen LogP contribution in [0.4, 0.5) is 0 Å². The van der Waals surface area contributed by atoms with Crippen LogP contribution in [0.3, 0.4) is 0 Å². The highest BCUT2D eigenvalue weighted by molar-refractivity contribution is 5.91. The molecular weight excluding hydrogens is 244 g/mol. The molecule has 0 bridgehead atoms. The lowest BCUT2D eigenvalue weighted by molar-refractivity contribution is -0.151. The van der Waals surface area contributed by atoms with E-state index in [1.807, 2.05) is 0 Å². The minimum Gasteiger partial charge on any atom is -0.455 e. The smallest absolute Gasteiger partial charge is 0.334 e. The largest absolute Gasteiger partial charge is 0.455 e. The van der Waals surface area contributed by atoms with Gasteiger partial charge in [0.25, 0.3) is 0 Å². The molecule has 0 amide bonds. The first kappa shape index (κ1) is 12.6. The summed E-state index contributed by atoms with van der Waals surface area (Å²) in [6, 6.07) is 0. The number of fused-ring (bicyclic) bond motifs is 3. The summed E-state index contributed by atoms with van der Waals surface area (Å²) in [5, 5.41) is 21.1. The van der Waals surface area contributed by atoms with E-state index in [9.17, 15) is 15.0 Å². The number of carbonyl (C=O) groups is 1. The van der Waals surface area contributed by atoms with Gasteiger partial charge in [-0.05, 0) is 24.8 Å². The highest BCUT2D eigenvalue weighted by Crippen LogP contribution is 2.54. The summed E-state index contributed by atoms with van der Waals surface area (Å²) < 4.78 is 5.34. The molecule has 3 rings (SSSR count). The molecule has 2 aliphatic carbocycles. The van der Waals surface area contributed by atoms with Crippen LogP contribution < -0.4 is 0 Å². The molecule has 2 saturated carbocycles. The summed E-state index contributed by atoms with van der Waals surface area (Å²) in [7, 11) is 0. The van der Waals surface area contributed by atoms with Crippen molar-refractivity contribution in [3.63, 3.8) is 0 Å². The van der Waals surface area contributed by atoms with Gasteiger partial charge in [-0.25, -0.2) is 4.79 Å². The van der Waals surface area contributed by atoms with Crippen LogP contribution in [0.25, 0.3) is 0 Å². The predicted octanol–water partition coefficient (Wildman–Crippen LogP) is 1.10. The SMILES string of the molecule is C=C1C(=O)OC2C1CCC(=C)C1C[C@H](O)C(=C)[C@@]12O. The Balaban J connectivity index is 2.11. The van der Waals surface area contributed by atoms with Gasteiger partial charge in [0.15, 0.2) is 0 Å². The predicted molar refractivity (Wildman–Crippen MR) is 69.1 cm³/mol. The molecule has 5 atom stereocenters. The zero-order chi connectivity index (χ0) is 13.9. The van der Waals surface area contributed by atoms with Crippen LogP contribution in [-0.2, 0) is 9.53 Å². The summed E-state index contributed by atoms with van der Waals surface area (Å²) in [6.07, 6.45) is 0.307. The third kappa shape index (κ3) is 1.44. The van der Waals surface area contributed by atoms with Crippen molar-refractivity contribution in [1.29, 1.82) is 0 Å². The van der Waals surface area contributed by atoms with Crippen molar-refractivity contribution in [2.75, 3.05) is 0 Å². The number of hydrogen-bond donors (Lipinski definition) is 2. The van der Waals surface area contributed by atoms with Gasteiger partial charge in [-0.1, -0.05) is 25.3 Å². The molecule has 0 radical (unpaired) electrons. The zero-order valence-corrected chi connectivity index (χ0v) is 10.8. The van der Waals surface area contributed by atoms with Crippen LogP contribution in [0.1, 0.15) is 19.3 Å². The number of aliphatic hydroxyl groups excluding tert-OH is 1. The summed E-state index contributed by atoms with van der Waals surface area (Å²) >= 11 is 0. The minimum atomic E-state index is -1.41. The van der Waals surface area contributed by atoms with Crippen LogP contribution in [0.5, 0.6) is 0 Å². The third-order valence-electron chi connectivity index (χ3n) is 4.92. The van der Waals surface area contributed by atoms with Crippen molar-refractivity contribution in [2.24, 2.45) is 11.8 Å². The standard InChI is InChI=1S/C15H18O4/c1-7-4-5-10-8(2)14(17)19-13(10)15(18)9(3)12(16)6-11(7)15/h10-13,16,18H,1-6H2/t10?,11?,12-,13?,15+/m0/s1. The minimum absolute atomic E-state index is 0.221. The Morgan fingerprint density at radius 2 is 2.00 bits per heavy atom. The molecule has 1 aliphatic heterocycles. The molecule has 0 aromatic carbocycles. The normalized spacial score (nSPS) is 45.8. The van der Waals surface area contributed by atoms with Gasteiger partial charge in [0.1, 0.15) is 11.7 Å². The maximum absolute atomic E-state index is 11.7. The van der Waals surface area contributed by atoms with E-state index < -0.39 is 23.8 Å². The van der Waals surface area contributed by atoms with Crippen LogP contribution >= 0.6 is 0 Å². The Labute approximate surface area is 112 Å². The Bertz CT molecular complexity index is 506. The van der Waals surface area contributed by atoms with Gasteiger partial charge < -0.3 is 14.9 Å². The monoisotopic (exact) mass is 262 g/mol. The molecule has 2 N–H and O–H groups in total. The summed E-state index contributed by atoms with van der Waals surface area (Å²) in [6.45, 7) is 11.6. The van der Waals surface area contributed by atoms with Gasteiger partial charge in [0.05, 0.1) is 6.10 Å². The van der Waals surface area contributed by atoms with Crippen molar-refractivity contribution >= 4 is 5.97 Å². The molecule has 102 valence electrons. The van der Waals surface area contributed by atoms with Gasteiger partial charge in [-0.3, -0.25) is 0 Å². The van der Waals surface area contributed by atoms with E-state index in [-0.39, 0.29) is 11.8 Å². The average molecular weight is 262 g/mol. The molecule has 0 spiro atoms. The molecule has 19 heavy (non-hydrogen) atoms. The fourth-order valence-electron chi connectivity index (χ4n) is 3.74. The van der Waals surface area contributed by atoms with E-state index in [1.54, 1.807) is 0 Å². The van der Waals surface area contributed by atoms with Crippen LogP contribution in [-0.4, -0.2) is 34.0 Å². The Hall–Kier alpha value is -1.39. The van der Waals surface area contributed by atoms with E-state index in [4.69, 9.17) is 4.74 Å². The number of carbonyl (C=O) groups excluding carboxylic acids is 1.